The van der Waals surface area contributed by atoms with E-state index >= 15 is 0 Å². The minimum absolute atomic E-state index is 0.0857. The molecule has 0 N–H and O–H groups in total. The Morgan fingerprint density at radius 1 is 1.33 bits per heavy atom. The lowest BCUT2D eigenvalue weighted by Gasteiger charge is -2.29. The van der Waals surface area contributed by atoms with Crippen molar-refractivity contribution in [3.05, 3.63) is 48.6 Å². The summed E-state index contributed by atoms with van der Waals surface area (Å²) in [4.78, 5) is 14.1. The van der Waals surface area contributed by atoms with Gasteiger partial charge in [-0.25, -0.2) is 0 Å². The number of nitrogens with zero attached hydrogens (tertiary/aromatic N) is 1. The highest BCUT2D eigenvalue weighted by atomic mass is 35.5. The molecule has 0 aromatic heterocycles. The molecule has 0 bridgehead atoms. The first-order valence-corrected chi connectivity index (χ1v) is 8.15. The number of hydrogen-bond acceptors (Lipinski definition) is 1. The Labute approximate surface area is 145 Å². The molecule has 1 aromatic rings. The van der Waals surface area contributed by atoms with E-state index in [0.717, 1.165) is 5.56 Å². The summed E-state index contributed by atoms with van der Waals surface area (Å²) in [7, 11) is 0. The molecule has 0 aliphatic heterocycles. The number of benzene rings is 1. The average molecular weight is 369 g/mol. The highest BCUT2D eigenvalue weighted by molar-refractivity contribution is 6.58. The summed E-state index contributed by atoms with van der Waals surface area (Å²) in [6, 6.07) is 9.58. The minimum Gasteiger partial charge on any atom is -0.332 e. The summed E-state index contributed by atoms with van der Waals surface area (Å²) in [6.45, 7) is 4.41. The van der Waals surface area contributed by atoms with Crippen LogP contribution in [0.25, 0.3) is 0 Å². The van der Waals surface area contributed by atoms with Gasteiger partial charge in [-0.2, -0.15) is 0 Å². The monoisotopic (exact) mass is 367 g/mol. The van der Waals surface area contributed by atoms with E-state index in [2.05, 4.69) is 6.58 Å². The summed E-state index contributed by atoms with van der Waals surface area (Å²) in [5.74, 6) is -0.221. The van der Waals surface area contributed by atoms with Crippen LogP contribution in [-0.2, 0) is 11.3 Å². The second-order valence-electron chi connectivity index (χ2n) is 4.62. The quantitative estimate of drug-likeness (QED) is 0.484. The predicted octanol–water partition coefficient (Wildman–Crippen LogP) is 4.61. The largest absolute Gasteiger partial charge is 0.332 e. The highest BCUT2D eigenvalue weighted by Gasteiger charge is 2.38. The van der Waals surface area contributed by atoms with Crippen LogP contribution in [0, 0.1) is 0 Å². The van der Waals surface area contributed by atoms with Crippen molar-refractivity contribution >= 4 is 52.3 Å². The Morgan fingerprint density at radius 3 is 2.48 bits per heavy atom. The fourth-order valence-corrected chi connectivity index (χ4v) is 2.94. The number of carbonyl (C=O) groups is 1. The van der Waals surface area contributed by atoms with Crippen molar-refractivity contribution in [3.8, 4) is 0 Å². The molecule has 0 spiro atoms. The maximum absolute atomic E-state index is 12.5. The van der Waals surface area contributed by atoms with Crippen LogP contribution in [0.1, 0.15) is 12.0 Å². The minimum atomic E-state index is -1.60. The molecule has 21 heavy (non-hydrogen) atoms. The van der Waals surface area contributed by atoms with Crippen molar-refractivity contribution < 1.29 is 4.79 Å². The van der Waals surface area contributed by atoms with Crippen molar-refractivity contribution in [1.82, 2.24) is 4.90 Å². The zero-order chi connectivity index (χ0) is 15.9. The zero-order valence-corrected chi connectivity index (χ0v) is 14.5. The average Bonchev–Trinajstić information content (AvgIpc) is 2.46. The highest BCUT2D eigenvalue weighted by Crippen LogP contribution is 2.32. The van der Waals surface area contributed by atoms with Crippen molar-refractivity contribution in [2.45, 2.75) is 22.7 Å². The fourth-order valence-electron chi connectivity index (χ4n) is 1.83. The van der Waals surface area contributed by atoms with Gasteiger partial charge in [-0.1, -0.05) is 59.6 Å². The molecule has 2 nitrogen and oxygen atoms in total. The van der Waals surface area contributed by atoms with Gasteiger partial charge in [-0.3, -0.25) is 4.79 Å². The zero-order valence-electron chi connectivity index (χ0n) is 11.4. The predicted molar refractivity (Wildman–Crippen MR) is 91.5 cm³/mol. The Morgan fingerprint density at radius 2 is 1.95 bits per heavy atom. The van der Waals surface area contributed by atoms with E-state index in [1.54, 1.807) is 11.0 Å². The second kappa shape index (κ2) is 8.89. The van der Waals surface area contributed by atoms with E-state index in [1.165, 1.54) is 0 Å². The molecule has 6 heteroatoms. The molecule has 0 saturated carbocycles. The van der Waals surface area contributed by atoms with Gasteiger partial charge in [0, 0.05) is 25.4 Å². The topological polar surface area (TPSA) is 20.3 Å². The molecule has 1 unspecified atom stereocenters. The van der Waals surface area contributed by atoms with Gasteiger partial charge in [0.1, 0.15) is 0 Å². The van der Waals surface area contributed by atoms with E-state index in [1.807, 2.05) is 30.3 Å². The molecule has 0 aliphatic rings. The molecule has 1 atom stereocenters. The van der Waals surface area contributed by atoms with Gasteiger partial charge in [0.25, 0.3) is 5.91 Å². The summed E-state index contributed by atoms with van der Waals surface area (Å²) < 4.78 is -1.60. The first kappa shape index (κ1) is 18.6. The molecular weight excluding hydrogens is 352 g/mol. The van der Waals surface area contributed by atoms with Gasteiger partial charge in [0.15, 0.2) is 4.33 Å². The first-order chi connectivity index (χ1) is 9.90. The first-order valence-electron chi connectivity index (χ1n) is 6.42. The van der Waals surface area contributed by atoms with E-state index < -0.39 is 15.6 Å². The van der Waals surface area contributed by atoms with Gasteiger partial charge in [0.2, 0.25) is 0 Å². The van der Waals surface area contributed by atoms with Crippen molar-refractivity contribution in [3.63, 3.8) is 0 Å². The third-order valence-corrected chi connectivity index (χ3v) is 4.28. The molecular formula is C15H17Cl4NO. The molecule has 116 valence electrons. The van der Waals surface area contributed by atoms with Gasteiger partial charge in [0.05, 0.1) is 5.38 Å². The lowest BCUT2D eigenvalue weighted by molar-refractivity contribution is -0.132. The van der Waals surface area contributed by atoms with Gasteiger partial charge in [-0.05, 0) is 5.56 Å². The van der Waals surface area contributed by atoms with E-state index in [-0.39, 0.29) is 12.3 Å². The number of alkyl halides is 4. The molecule has 0 saturated heterocycles. The lowest BCUT2D eigenvalue weighted by Crippen LogP contribution is -2.43. The van der Waals surface area contributed by atoms with Crippen molar-refractivity contribution in [2.24, 2.45) is 0 Å². The van der Waals surface area contributed by atoms with Crippen molar-refractivity contribution in [2.75, 3.05) is 12.4 Å². The summed E-state index contributed by atoms with van der Waals surface area (Å²) >= 11 is 23.9. The molecule has 0 aliphatic carbocycles. The molecule has 1 aromatic carbocycles. The number of halogens is 4. The van der Waals surface area contributed by atoms with E-state index in [0.29, 0.717) is 13.1 Å². The Hall–Kier alpha value is -0.410. The lowest BCUT2D eigenvalue weighted by atomic mass is 10.1. The Kier molecular flexibility index (Phi) is 7.89. The smallest absolute Gasteiger partial charge is 0.259 e. The third-order valence-electron chi connectivity index (χ3n) is 2.81. The third kappa shape index (κ3) is 6.07. The van der Waals surface area contributed by atoms with Crippen LogP contribution in [0.3, 0.4) is 0 Å². The summed E-state index contributed by atoms with van der Waals surface area (Å²) in [6.07, 6.45) is 1.72. The van der Waals surface area contributed by atoms with Crippen LogP contribution >= 0.6 is 46.4 Å². The fraction of sp³-hybridized carbons (Fsp3) is 0.400. The number of hydrogen-bond donors (Lipinski definition) is 0. The van der Waals surface area contributed by atoms with E-state index in [4.69, 9.17) is 46.4 Å². The van der Waals surface area contributed by atoms with Crippen LogP contribution in [0.2, 0.25) is 0 Å². The van der Waals surface area contributed by atoms with Crippen LogP contribution in [0.5, 0.6) is 0 Å². The Balaban J connectivity index is 2.83. The summed E-state index contributed by atoms with van der Waals surface area (Å²) in [5, 5.41) is -0.465. The molecule has 0 radical (unpaired) electrons. The molecule has 0 fully saturated rings. The van der Waals surface area contributed by atoms with Crippen LogP contribution < -0.4 is 0 Å². The SMILES string of the molecule is C=CCN(Cc1ccccc1)C(=O)C(Cl)(Cl)CC(Cl)CCl. The second-order valence-corrected chi connectivity index (χ2v) is 7.03. The number of amides is 1. The maximum atomic E-state index is 12.5. The Bertz CT molecular complexity index is 464. The van der Waals surface area contributed by atoms with Gasteiger partial charge >= 0.3 is 0 Å². The molecule has 0 heterocycles. The number of rotatable bonds is 8. The molecule has 1 amide bonds. The van der Waals surface area contributed by atoms with E-state index in [9.17, 15) is 4.79 Å². The normalized spacial score (nSPS) is 12.8. The summed E-state index contributed by atoms with van der Waals surface area (Å²) in [5.41, 5.74) is 0.983. The van der Waals surface area contributed by atoms with Crippen LogP contribution in [-0.4, -0.2) is 32.9 Å². The van der Waals surface area contributed by atoms with Crippen LogP contribution in [0.15, 0.2) is 43.0 Å². The van der Waals surface area contributed by atoms with Crippen LogP contribution in [0.4, 0.5) is 0 Å². The number of carbonyl (C=O) groups excluding carboxylic acids is 1. The maximum Gasteiger partial charge on any atom is 0.259 e. The molecule has 1 rings (SSSR count). The standard InChI is InChI=1S/C15H17Cl4NO/c1-2-8-20(11-12-6-4-3-5-7-12)14(21)15(18,19)9-13(17)10-16/h2-7,13H,1,8-11H2. The van der Waals surface area contributed by atoms with Gasteiger partial charge in [-0.15, -0.1) is 29.8 Å². The van der Waals surface area contributed by atoms with Crippen molar-refractivity contribution in [1.29, 1.82) is 0 Å². The van der Waals surface area contributed by atoms with Gasteiger partial charge < -0.3 is 4.90 Å².